The summed E-state index contributed by atoms with van der Waals surface area (Å²) in [7, 11) is 3.92. The van der Waals surface area contributed by atoms with Crippen LogP contribution in [0.15, 0.2) is 24.5 Å². The molecule has 3 aromatic heterocycles. The highest BCUT2D eigenvalue weighted by molar-refractivity contribution is 5.43. The lowest BCUT2D eigenvalue weighted by Gasteiger charge is -2.32. The summed E-state index contributed by atoms with van der Waals surface area (Å²) in [5.41, 5.74) is 0.964. The van der Waals surface area contributed by atoms with Crippen LogP contribution >= 0.6 is 0 Å². The average molecular weight is 367 g/mol. The third-order valence-corrected chi connectivity index (χ3v) is 5.03. The van der Waals surface area contributed by atoms with Gasteiger partial charge in [0.25, 0.3) is 0 Å². The minimum atomic E-state index is 0.310. The Balaban J connectivity index is 1.53. The lowest BCUT2D eigenvalue weighted by molar-refractivity contribution is 0.472. The van der Waals surface area contributed by atoms with Crippen molar-refractivity contribution in [2.45, 2.75) is 32.2 Å². The van der Waals surface area contributed by atoms with Gasteiger partial charge in [-0.25, -0.2) is 4.98 Å². The first-order valence-electron chi connectivity index (χ1n) is 9.28. The van der Waals surface area contributed by atoms with Crippen molar-refractivity contribution in [3.05, 3.63) is 41.9 Å². The maximum Gasteiger partial charge on any atom is 0.227 e. The minimum absolute atomic E-state index is 0.310. The van der Waals surface area contributed by atoms with E-state index in [4.69, 9.17) is 0 Å². The van der Waals surface area contributed by atoms with Crippen LogP contribution in [0.3, 0.4) is 0 Å². The summed E-state index contributed by atoms with van der Waals surface area (Å²) < 4.78 is 3.97. The summed E-state index contributed by atoms with van der Waals surface area (Å²) in [6, 6.07) is 3.87. The molecule has 27 heavy (non-hydrogen) atoms. The van der Waals surface area contributed by atoms with E-state index in [9.17, 15) is 0 Å². The zero-order valence-corrected chi connectivity index (χ0v) is 16.0. The smallest absolute Gasteiger partial charge is 0.227 e. The van der Waals surface area contributed by atoms with E-state index in [1.54, 1.807) is 6.20 Å². The Kier molecular flexibility index (Phi) is 4.74. The molecule has 9 nitrogen and oxygen atoms in total. The normalized spacial score (nSPS) is 17.3. The van der Waals surface area contributed by atoms with Crippen molar-refractivity contribution in [2.75, 3.05) is 30.4 Å². The molecule has 0 aliphatic carbocycles. The summed E-state index contributed by atoms with van der Waals surface area (Å²) in [5.74, 6) is 3.87. The quantitative estimate of drug-likeness (QED) is 0.732. The number of aromatic nitrogens is 7. The zero-order chi connectivity index (χ0) is 18.8. The molecule has 0 spiro atoms. The number of nitrogens with zero attached hydrogens (tertiary/aromatic N) is 8. The molecule has 1 unspecified atom stereocenters. The number of piperidine rings is 1. The molecule has 9 heteroatoms. The molecule has 4 heterocycles. The Morgan fingerprint density at radius 1 is 1.26 bits per heavy atom. The van der Waals surface area contributed by atoms with Gasteiger partial charge in [-0.3, -0.25) is 4.68 Å². The Morgan fingerprint density at radius 2 is 2.15 bits per heavy atom. The first-order valence-corrected chi connectivity index (χ1v) is 9.28. The molecule has 0 saturated carbocycles. The van der Waals surface area contributed by atoms with E-state index in [2.05, 4.69) is 40.0 Å². The third-order valence-electron chi connectivity index (χ3n) is 5.03. The van der Waals surface area contributed by atoms with Gasteiger partial charge in [0.05, 0.1) is 0 Å². The minimum Gasteiger partial charge on any atom is -0.373 e. The number of aryl methyl sites for hydroxylation is 1. The van der Waals surface area contributed by atoms with Gasteiger partial charge in [0.2, 0.25) is 5.95 Å². The van der Waals surface area contributed by atoms with Gasteiger partial charge < -0.3 is 14.8 Å². The van der Waals surface area contributed by atoms with Gasteiger partial charge in [-0.15, -0.1) is 10.2 Å². The van der Waals surface area contributed by atoms with E-state index in [1.807, 2.05) is 44.0 Å². The average Bonchev–Trinajstić information content (AvgIpc) is 3.32. The molecule has 1 atom stereocenters. The van der Waals surface area contributed by atoms with Gasteiger partial charge in [0.15, 0.2) is 5.82 Å². The first kappa shape index (κ1) is 17.4. The molecule has 0 bridgehead atoms. The Labute approximate surface area is 158 Å². The van der Waals surface area contributed by atoms with E-state index < -0.39 is 0 Å². The zero-order valence-electron chi connectivity index (χ0n) is 16.0. The first-order chi connectivity index (χ1) is 13.1. The van der Waals surface area contributed by atoms with Crippen molar-refractivity contribution in [3.8, 4) is 0 Å². The summed E-state index contributed by atoms with van der Waals surface area (Å²) in [5, 5.41) is 16.3. The second kappa shape index (κ2) is 7.34. The van der Waals surface area contributed by atoms with Crippen molar-refractivity contribution in [1.82, 2.24) is 34.5 Å². The standard InChI is InChI=1S/C18H25N9/c1-13-10-15(19-2)22-18(21-13)26-8-4-6-14(11-26)17-24-23-16(25(17)3)12-27-9-5-7-20-27/h5,7,9-10,14H,4,6,8,11-12H2,1-3H3,(H,19,21,22). The van der Waals surface area contributed by atoms with Gasteiger partial charge in [0, 0.05) is 57.3 Å². The number of hydrogen-bond acceptors (Lipinski definition) is 7. The molecule has 0 amide bonds. The van der Waals surface area contributed by atoms with E-state index in [-0.39, 0.29) is 0 Å². The fourth-order valence-electron chi connectivity index (χ4n) is 3.60. The van der Waals surface area contributed by atoms with Crippen LogP contribution in [0.4, 0.5) is 11.8 Å². The predicted octanol–water partition coefficient (Wildman–Crippen LogP) is 1.58. The molecule has 1 fully saturated rings. The Morgan fingerprint density at radius 3 is 2.93 bits per heavy atom. The largest absolute Gasteiger partial charge is 0.373 e. The molecule has 3 aromatic rings. The van der Waals surface area contributed by atoms with Crippen molar-refractivity contribution in [1.29, 1.82) is 0 Å². The SMILES string of the molecule is CNc1cc(C)nc(N2CCCC(c3nnc(Cn4cccn4)n3C)C2)n1. The van der Waals surface area contributed by atoms with Gasteiger partial charge in [0.1, 0.15) is 18.2 Å². The molecule has 1 aliphatic heterocycles. The molecule has 0 aromatic carbocycles. The molecule has 1 aliphatic rings. The number of nitrogens with one attached hydrogen (secondary N) is 1. The summed E-state index contributed by atoms with van der Waals surface area (Å²) in [4.78, 5) is 11.5. The fraction of sp³-hybridized carbons (Fsp3) is 0.500. The summed E-state index contributed by atoms with van der Waals surface area (Å²) in [6.45, 7) is 4.43. The van der Waals surface area contributed by atoms with E-state index in [0.29, 0.717) is 12.5 Å². The Bertz CT molecular complexity index is 900. The topological polar surface area (TPSA) is 89.6 Å². The molecule has 0 radical (unpaired) electrons. The summed E-state index contributed by atoms with van der Waals surface area (Å²) in [6.07, 6.45) is 5.88. The van der Waals surface area contributed by atoms with Crippen LogP contribution in [-0.2, 0) is 13.6 Å². The monoisotopic (exact) mass is 367 g/mol. The van der Waals surface area contributed by atoms with Crippen molar-refractivity contribution < 1.29 is 0 Å². The highest BCUT2D eigenvalue weighted by Gasteiger charge is 2.27. The number of anilines is 2. The molecule has 142 valence electrons. The highest BCUT2D eigenvalue weighted by Crippen LogP contribution is 2.28. The van der Waals surface area contributed by atoms with Crippen LogP contribution in [-0.4, -0.2) is 54.7 Å². The van der Waals surface area contributed by atoms with Crippen LogP contribution in [0.5, 0.6) is 0 Å². The number of hydrogen-bond donors (Lipinski definition) is 1. The second-order valence-electron chi connectivity index (χ2n) is 6.97. The van der Waals surface area contributed by atoms with Crippen molar-refractivity contribution >= 4 is 11.8 Å². The predicted molar refractivity (Wildman–Crippen MR) is 103 cm³/mol. The second-order valence-corrected chi connectivity index (χ2v) is 6.97. The van der Waals surface area contributed by atoms with Crippen molar-refractivity contribution in [2.24, 2.45) is 7.05 Å². The maximum absolute atomic E-state index is 4.63. The molecule has 1 saturated heterocycles. The van der Waals surface area contributed by atoms with Gasteiger partial charge in [-0.2, -0.15) is 10.1 Å². The summed E-state index contributed by atoms with van der Waals surface area (Å²) >= 11 is 0. The molecule has 1 N–H and O–H groups in total. The Hall–Kier alpha value is -2.97. The van der Waals surface area contributed by atoms with Crippen LogP contribution in [0.1, 0.15) is 36.1 Å². The van der Waals surface area contributed by atoms with Crippen molar-refractivity contribution in [3.63, 3.8) is 0 Å². The third kappa shape index (κ3) is 3.62. The van der Waals surface area contributed by atoms with Crippen LogP contribution in [0.2, 0.25) is 0 Å². The van der Waals surface area contributed by atoms with E-state index in [0.717, 1.165) is 55.0 Å². The van der Waals surface area contributed by atoms with Gasteiger partial charge in [-0.1, -0.05) is 0 Å². The fourth-order valence-corrected chi connectivity index (χ4v) is 3.60. The van der Waals surface area contributed by atoms with E-state index in [1.165, 1.54) is 0 Å². The maximum atomic E-state index is 4.63. The van der Waals surface area contributed by atoms with E-state index >= 15 is 0 Å². The van der Waals surface area contributed by atoms with Crippen LogP contribution in [0, 0.1) is 6.92 Å². The van der Waals surface area contributed by atoms with Gasteiger partial charge in [-0.05, 0) is 25.8 Å². The van der Waals surface area contributed by atoms with Gasteiger partial charge >= 0.3 is 0 Å². The molecule has 4 rings (SSSR count). The number of rotatable bonds is 5. The highest BCUT2D eigenvalue weighted by atomic mass is 15.3. The van der Waals surface area contributed by atoms with Crippen LogP contribution in [0.25, 0.3) is 0 Å². The van der Waals surface area contributed by atoms with Crippen LogP contribution < -0.4 is 10.2 Å². The lowest BCUT2D eigenvalue weighted by Crippen LogP contribution is -2.36. The molecular formula is C18H25N9. The lowest BCUT2D eigenvalue weighted by atomic mass is 9.97. The molecular weight excluding hydrogens is 342 g/mol.